The topological polar surface area (TPSA) is 37.7 Å². The van der Waals surface area contributed by atoms with E-state index in [2.05, 4.69) is 0 Å². The van der Waals surface area contributed by atoms with Crippen LogP contribution < -0.4 is 0 Å². The van der Waals surface area contributed by atoms with Crippen LogP contribution in [0.15, 0.2) is 18.3 Å². The second-order valence-corrected chi connectivity index (χ2v) is 6.21. The summed E-state index contributed by atoms with van der Waals surface area (Å²) in [7, 11) is 3.35. The number of rotatable bonds is 4. The first kappa shape index (κ1) is 15.4. The highest BCUT2D eigenvalue weighted by atomic mass is 19.3. The summed E-state index contributed by atoms with van der Waals surface area (Å²) < 4.78 is 34.1. The zero-order valence-electron chi connectivity index (χ0n) is 12.8. The molecule has 0 saturated carbocycles. The summed E-state index contributed by atoms with van der Waals surface area (Å²) in [6, 6.07) is 3.32. The first-order chi connectivity index (χ1) is 10.4. The third-order valence-electron chi connectivity index (χ3n) is 4.56. The number of aryl methyl sites for hydroxylation is 1. The van der Waals surface area contributed by atoms with Gasteiger partial charge in [0.1, 0.15) is 5.69 Å². The van der Waals surface area contributed by atoms with E-state index in [0.717, 1.165) is 0 Å². The van der Waals surface area contributed by atoms with Gasteiger partial charge in [0.15, 0.2) is 0 Å². The van der Waals surface area contributed by atoms with Gasteiger partial charge in [-0.2, -0.15) is 0 Å². The Kier molecular flexibility index (Phi) is 3.94. The van der Waals surface area contributed by atoms with Gasteiger partial charge in [0.05, 0.1) is 13.2 Å². The lowest BCUT2D eigenvalue weighted by Crippen LogP contribution is -2.62. The lowest BCUT2D eigenvalue weighted by atomic mass is 10.1. The Hall–Kier alpha value is -1.47. The van der Waals surface area contributed by atoms with Crippen LogP contribution in [-0.4, -0.2) is 71.6 Å². The first-order valence-electron chi connectivity index (χ1n) is 7.44. The van der Waals surface area contributed by atoms with E-state index >= 15 is 0 Å². The maximum absolute atomic E-state index is 13.6. The summed E-state index contributed by atoms with van der Waals surface area (Å²) >= 11 is 0. The normalized spacial score (nSPS) is 25.5. The van der Waals surface area contributed by atoms with Gasteiger partial charge in [-0.25, -0.2) is 8.78 Å². The zero-order chi connectivity index (χ0) is 15.9. The minimum atomic E-state index is -2.66. The highest BCUT2D eigenvalue weighted by Gasteiger charge is 2.50. The molecule has 1 amide bonds. The molecule has 1 aromatic heterocycles. The Bertz CT molecular complexity index is 555. The minimum absolute atomic E-state index is 0.00209. The quantitative estimate of drug-likeness (QED) is 0.838. The van der Waals surface area contributed by atoms with E-state index in [1.807, 2.05) is 19.3 Å². The van der Waals surface area contributed by atoms with Crippen molar-refractivity contribution in [2.24, 2.45) is 7.05 Å². The number of hydrogen-bond donors (Lipinski definition) is 0. The Labute approximate surface area is 128 Å². The number of hydrogen-bond acceptors (Lipinski definition) is 3. The third kappa shape index (κ3) is 2.75. The number of carbonyl (C=O) groups is 1. The van der Waals surface area contributed by atoms with Crippen LogP contribution in [0.4, 0.5) is 8.78 Å². The van der Waals surface area contributed by atoms with Gasteiger partial charge in [-0.05, 0) is 12.1 Å². The van der Waals surface area contributed by atoms with Gasteiger partial charge >= 0.3 is 0 Å². The van der Waals surface area contributed by atoms with Crippen molar-refractivity contribution in [3.8, 4) is 0 Å². The number of halogens is 2. The van der Waals surface area contributed by atoms with Crippen LogP contribution in [0.2, 0.25) is 0 Å². The Morgan fingerprint density at radius 1 is 1.45 bits per heavy atom. The van der Waals surface area contributed by atoms with E-state index in [0.29, 0.717) is 25.4 Å². The molecule has 0 bridgehead atoms. The van der Waals surface area contributed by atoms with Gasteiger partial charge in [-0.15, -0.1) is 0 Å². The number of alkyl halides is 2. The molecule has 2 fully saturated rings. The molecule has 122 valence electrons. The van der Waals surface area contributed by atoms with Crippen LogP contribution in [0.3, 0.4) is 0 Å². The summed E-state index contributed by atoms with van der Waals surface area (Å²) in [5.41, 5.74) is 0.624. The molecule has 3 rings (SSSR count). The van der Waals surface area contributed by atoms with Crippen molar-refractivity contribution in [1.82, 2.24) is 14.4 Å². The Balaban J connectivity index is 1.61. The summed E-state index contributed by atoms with van der Waals surface area (Å²) in [4.78, 5) is 15.8. The molecule has 7 heteroatoms. The van der Waals surface area contributed by atoms with Gasteiger partial charge < -0.3 is 14.2 Å². The number of methoxy groups -OCH3 is 1. The van der Waals surface area contributed by atoms with Gasteiger partial charge in [0, 0.05) is 51.9 Å². The largest absolute Gasteiger partial charge is 0.383 e. The number of likely N-dealkylation sites (tertiary alicyclic amines) is 2. The Morgan fingerprint density at radius 3 is 2.77 bits per heavy atom. The molecule has 1 atom stereocenters. The summed E-state index contributed by atoms with van der Waals surface area (Å²) in [6.45, 7) is 1.07. The third-order valence-corrected chi connectivity index (χ3v) is 4.56. The predicted molar refractivity (Wildman–Crippen MR) is 77.0 cm³/mol. The van der Waals surface area contributed by atoms with E-state index in [9.17, 15) is 13.6 Å². The van der Waals surface area contributed by atoms with E-state index in [-0.39, 0.29) is 31.0 Å². The molecule has 2 saturated heterocycles. The number of amides is 1. The first-order valence-corrected chi connectivity index (χ1v) is 7.44. The number of nitrogens with zero attached hydrogens (tertiary/aromatic N) is 3. The number of ether oxygens (including phenoxy) is 1. The lowest BCUT2D eigenvalue weighted by Gasteiger charge is -2.45. The molecule has 0 unspecified atom stereocenters. The van der Waals surface area contributed by atoms with Crippen molar-refractivity contribution >= 4 is 5.91 Å². The van der Waals surface area contributed by atoms with Crippen LogP contribution in [0.25, 0.3) is 0 Å². The highest BCUT2D eigenvalue weighted by Crippen LogP contribution is 2.35. The van der Waals surface area contributed by atoms with E-state index in [1.165, 1.54) is 7.11 Å². The molecule has 0 aromatic carbocycles. The average Bonchev–Trinajstić information content (AvgIpc) is 2.92. The molecule has 2 aliphatic rings. The van der Waals surface area contributed by atoms with Gasteiger partial charge in [-0.3, -0.25) is 9.69 Å². The fourth-order valence-corrected chi connectivity index (χ4v) is 3.37. The maximum Gasteiger partial charge on any atom is 0.270 e. The second-order valence-electron chi connectivity index (χ2n) is 6.21. The van der Waals surface area contributed by atoms with Crippen LogP contribution >= 0.6 is 0 Å². The van der Waals surface area contributed by atoms with Crippen molar-refractivity contribution in [3.05, 3.63) is 24.0 Å². The lowest BCUT2D eigenvalue weighted by molar-refractivity contribution is -0.0138. The van der Waals surface area contributed by atoms with E-state index in [1.54, 1.807) is 20.4 Å². The summed E-state index contributed by atoms with van der Waals surface area (Å²) in [5, 5.41) is 0. The van der Waals surface area contributed by atoms with Crippen molar-refractivity contribution in [2.45, 2.75) is 24.4 Å². The number of aromatic nitrogens is 1. The molecule has 3 heterocycles. The van der Waals surface area contributed by atoms with Crippen molar-refractivity contribution in [2.75, 3.05) is 33.4 Å². The van der Waals surface area contributed by atoms with E-state index < -0.39 is 5.92 Å². The van der Waals surface area contributed by atoms with Crippen molar-refractivity contribution in [3.63, 3.8) is 0 Å². The molecule has 0 N–H and O–H groups in total. The SMILES string of the molecule is COC[C@@H]1CC(F)(F)CN1C1CN(C(=O)c2cccn2C)C1. The smallest absolute Gasteiger partial charge is 0.270 e. The van der Waals surface area contributed by atoms with Crippen LogP contribution in [-0.2, 0) is 11.8 Å². The standard InChI is InChI=1S/C15H21F2N3O2/c1-18-5-3-4-13(18)14(21)19-7-12(8-19)20-10-15(16,17)6-11(20)9-22-2/h3-5,11-12H,6-10H2,1-2H3/t11-/m0/s1. The van der Waals surface area contributed by atoms with Crippen molar-refractivity contribution in [1.29, 1.82) is 0 Å². The molecule has 0 spiro atoms. The zero-order valence-corrected chi connectivity index (χ0v) is 12.8. The second kappa shape index (κ2) is 5.62. The predicted octanol–water partition coefficient (Wildman–Crippen LogP) is 1.21. The number of carbonyl (C=O) groups excluding carboxylic acids is 1. The fourth-order valence-electron chi connectivity index (χ4n) is 3.37. The molecule has 2 aliphatic heterocycles. The molecule has 0 aliphatic carbocycles. The summed E-state index contributed by atoms with van der Waals surface area (Å²) in [6.07, 6.45) is 1.66. The van der Waals surface area contributed by atoms with Crippen LogP contribution in [0, 0.1) is 0 Å². The molecule has 1 aromatic rings. The molecule has 0 radical (unpaired) electrons. The van der Waals surface area contributed by atoms with Gasteiger partial charge in [0.25, 0.3) is 11.8 Å². The van der Waals surface area contributed by atoms with Gasteiger partial charge in [0.2, 0.25) is 0 Å². The highest BCUT2D eigenvalue weighted by molar-refractivity contribution is 5.93. The van der Waals surface area contributed by atoms with E-state index in [4.69, 9.17) is 4.74 Å². The monoisotopic (exact) mass is 313 g/mol. The summed E-state index contributed by atoms with van der Waals surface area (Å²) in [5.74, 6) is -2.70. The fraction of sp³-hybridized carbons (Fsp3) is 0.667. The minimum Gasteiger partial charge on any atom is -0.383 e. The Morgan fingerprint density at radius 2 is 2.18 bits per heavy atom. The van der Waals surface area contributed by atoms with Crippen molar-refractivity contribution < 1.29 is 18.3 Å². The van der Waals surface area contributed by atoms with Crippen LogP contribution in [0.5, 0.6) is 0 Å². The molecule has 22 heavy (non-hydrogen) atoms. The van der Waals surface area contributed by atoms with Gasteiger partial charge in [-0.1, -0.05) is 0 Å². The maximum atomic E-state index is 13.6. The average molecular weight is 313 g/mol. The molecular weight excluding hydrogens is 292 g/mol. The molecule has 5 nitrogen and oxygen atoms in total. The van der Waals surface area contributed by atoms with Crippen LogP contribution in [0.1, 0.15) is 16.9 Å². The molecular formula is C15H21F2N3O2.